The average Bonchev–Trinajstić information content (AvgIpc) is 2.73. The second kappa shape index (κ2) is 10.8. The monoisotopic (exact) mass is 602 g/mol. The number of amides is 2. The van der Waals surface area contributed by atoms with Gasteiger partial charge in [0.2, 0.25) is 5.91 Å². The summed E-state index contributed by atoms with van der Waals surface area (Å²) in [7, 11) is 1.49. The van der Waals surface area contributed by atoms with Crippen molar-refractivity contribution in [2.75, 3.05) is 43.5 Å². The second-order valence-corrected chi connectivity index (χ2v) is 9.62. The quantitative estimate of drug-likeness (QED) is 0.495. The van der Waals surface area contributed by atoms with Crippen molar-refractivity contribution in [3.63, 3.8) is 0 Å². The van der Waals surface area contributed by atoms with E-state index in [0.717, 1.165) is 10.2 Å². The number of benzene rings is 2. The number of methoxy groups -OCH3 is 1. The van der Waals surface area contributed by atoms with Gasteiger partial charge in [-0.25, -0.2) is 0 Å². The van der Waals surface area contributed by atoms with Gasteiger partial charge in [0.05, 0.1) is 27.9 Å². The molecule has 0 saturated carbocycles. The summed E-state index contributed by atoms with van der Waals surface area (Å²) in [5, 5.41) is 6.32. The van der Waals surface area contributed by atoms with Gasteiger partial charge in [0, 0.05) is 43.3 Å². The van der Waals surface area contributed by atoms with Gasteiger partial charge in [-0.15, -0.1) is 0 Å². The van der Waals surface area contributed by atoms with Gasteiger partial charge in [0.1, 0.15) is 5.75 Å². The van der Waals surface area contributed by atoms with E-state index in [-0.39, 0.29) is 11.0 Å². The summed E-state index contributed by atoms with van der Waals surface area (Å²) < 4.78 is 6.69. The standard InChI is InChI=1S/C21H21Br2ClN4O3S/c1-12(29)27-5-7-28(8-6-27)18-4-3-14(11-17(18)24)25-21(32)26-20(30)15-9-13(22)10-16(23)19(15)31-2/h3-4,9-11H,5-8H2,1-2H3,(H2,25,26,30,32). The molecule has 2 amide bonds. The average molecular weight is 605 g/mol. The van der Waals surface area contributed by atoms with E-state index in [1.165, 1.54) is 7.11 Å². The third-order valence-electron chi connectivity index (χ3n) is 4.96. The van der Waals surface area contributed by atoms with Crippen LogP contribution in [0.15, 0.2) is 39.3 Å². The lowest BCUT2D eigenvalue weighted by molar-refractivity contribution is -0.129. The van der Waals surface area contributed by atoms with Crippen LogP contribution < -0.4 is 20.3 Å². The third kappa shape index (κ3) is 5.92. The number of nitrogens with zero attached hydrogens (tertiary/aromatic N) is 2. The number of carbonyl (C=O) groups is 2. The first-order valence-electron chi connectivity index (χ1n) is 9.65. The second-order valence-electron chi connectivity index (χ2n) is 7.04. The van der Waals surface area contributed by atoms with Gasteiger partial charge in [-0.3, -0.25) is 14.9 Å². The zero-order valence-electron chi connectivity index (χ0n) is 17.4. The van der Waals surface area contributed by atoms with Crippen LogP contribution in [0.5, 0.6) is 5.75 Å². The molecule has 1 saturated heterocycles. The summed E-state index contributed by atoms with van der Waals surface area (Å²) in [5.74, 6) is 0.0804. The molecule has 1 heterocycles. The van der Waals surface area contributed by atoms with Gasteiger partial charge in [-0.05, 0) is 58.5 Å². The van der Waals surface area contributed by atoms with E-state index in [0.29, 0.717) is 52.7 Å². The lowest BCUT2D eigenvalue weighted by atomic mass is 10.2. The van der Waals surface area contributed by atoms with Gasteiger partial charge in [0.15, 0.2) is 5.11 Å². The Labute approximate surface area is 213 Å². The van der Waals surface area contributed by atoms with Crippen LogP contribution in [0.1, 0.15) is 17.3 Å². The molecular weight excluding hydrogens is 584 g/mol. The summed E-state index contributed by atoms with van der Waals surface area (Å²) in [4.78, 5) is 28.2. The third-order valence-corrected chi connectivity index (χ3v) is 6.51. The Bertz CT molecular complexity index is 1060. The number of halogens is 3. The number of anilines is 2. The fraction of sp³-hybridized carbons (Fsp3) is 0.286. The van der Waals surface area contributed by atoms with Crippen LogP contribution in [0.25, 0.3) is 0 Å². The summed E-state index contributed by atoms with van der Waals surface area (Å²) in [6.45, 7) is 4.33. The summed E-state index contributed by atoms with van der Waals surface area (Å²) in [6, 6.07) is 8.93. The molecule has 32 heavy (non-hydrogen) atoms. The molecule has 0 unspecified atom stereocenters. The Morgan fingerprint density at radius 2 is 1.81 bits per heavy atom. The molecule has 0 bridgehead atoms. The summed E-state index contributed by atoms with van der Waals surface area (Å²) >= 11 is 18.6. The van der Waals surface area contributed by atoms with Crippen molar-refractivity contribution in [1.82, 2.24) is 10.2 Å². The highest BCUT2D eigenvalue weighted by molar-refractivity contribution is 9.11. The molecule has 0 atom stereocenters. The number of nitrogens with one attached hydrogen (secondary N) is 2. The van der Waals surface area contributed by atoms with Crippen LogP contribution in [-0.2, 0) is 4.79 Å². The predicted octanol–water partition coefficient (Wildman–Crippen LogP) is 4.67. The Morgan fingerprint density at radius 1 is 1.12 bits per heavy atom. The SMILES string of the molecule is COc1c(Br)cc(Br)cc1C(=O)NC(=S)Nc1ccc(N2CCN(C(C)=O)CC2)c(Cl)c1. The lowest BCUT2D eigenvalue weighted by Gasteiger charge is -2.36. The number of carbonyl (C=O) groups excluding carboxylic acids is 2. The number of thiocarbonyl (C=S) groups is 1. The molecule has 7 nitrogen and oxygen atoms in total. The van der Waals surface area contributed by atoms with Crippen LogP contribution in [0.2, 0.25) is 5.02 Å². The first-order chi connectivity index (χ1) is 15.2. The van der Waals surface area contributed by atoms with E-state index in [1.807, 2.05) is 17.0 Å². The maximum atomic E-state index is 12.7. The van der Waals surface area contributed by atoms with Crippen molar-refractivity contribution in [2.45, 2.75) is 6.92 Å². The van der Waals surface area contributed by atoms with Crippen molar-refractivity contribution in [3.05, 3.63) is 49.9 Å². The molecule has 0 aliphatic carbocycles. The highest BCUT2D eigenvalue weighted by Crippen LogP contribution is 2.33. The topological polar surface area (TPSA) is 73.9 Å². The van der Waals surface area contributed by atoms with Crippen molar-refractivity contribution in [2.24, 2.45) is 0 Å². The van der Waals surface area contributed by atoms with Crippen molar-refractivity contribution in [1.29, 1.82) is 0 Å². The van der Waals surface area contributed by atoms with Crippen LogP contribution in [-0.4, -0.2) is 55.1 Å². The minimum Gasteiger partial charge on any atom is -0.495 e. The zero-order valence-corrected chi connectivity index (χ0v) is 22.1. The Kier molecular flexibility index (Phi) is 8.37. The molecule has 11 heteroatoms. The fourth-order valence-corrected chi connectivity index (χ4v) is 5.27. The van der Waals surface area contributed by atoms with Crippen molar-refractivity contribution in [3.8, 4) is 5.75 Å². The zero-order chi connectivity index (χ0) is 23.4. The van der Waals surface area contributed by atoms with E-state index in [9.17, 15) is 9.59 Å². The largest absolute Gasteiger partial charge is 0.495 e. The molecule has 1 fully saturated rings. The molecule has 2 N–H and O–H groups in total. The Hall–Kier alpha value is -1.88. The van der Waals surface area contributed by atoms with Crippen LogP contribution in [0, 0.1) is 0 Å². The van der Waals surface area contributed by atoms with Crippen LogP contribution >= 0.6 is 55.7 Å². The number of rotatable bonds is 4. The minimum atomic E-state index is -0.410. The molecule has 1 aliphatic heterocycles. The Morgan fingerprint density at radius 3 is 2.41 bits per heavy atom. The van der Waals surface area contributed by atoms with E-state index < -0.39 is 5.91 Å². The number of hydrogen-bond acceptors (Lipinski definition) is 5. The van der Waals surface area contributed by atoms with E-state index in [4.69, 9.17) is 28.6 Å². The number of hydrogen-bond donors (Lipinski definition) is 2. The van der Waals surface area contributed by atoms with Gasteiger partial charge in [0.25, 0.3) is 5.91 Å². The van der Waals surface area contributed by atoms with E-state index in [1.54, 1.807) is 25.1 Å². The number of piperazine rings is 1. The normalized spacial score (nSPS) is 13.5. The van der Waals surface area contributed by atoms with Gasteiger partial charge in [-0.1, -0.05) is 27.5 Å². The van der Waals surface area contributed by atoms with Crippen molar-refractivity contribution < 1.29 is 14.3 Å². The first-order valence-corrected chi connectivity index (χ1v) is 12.0. The van der Waals surface area contributed by atoms with Gasteiger partial charge in [-0.2, -0.15) is 0 Å². The van der Waals surface area contributed by atoms with Gasteiger partial charge < -0.3 is 19.9 Å². The van der Waals surface area contributed by atoms with Crippen LogP contribution in [0.4, 0.5) is 11.4 Å². The predicted molar refractivity (Wildman–Crippen MR) is 138 cm³/mol. The van der Waals surface area contributed by atoms with Crippen LogP contribution in [0.3, 0.4) is 0 Å². The molecule has 0 spiro atoms. The van der Waals surface area contributed by atoms with Gasteiger partial charge >= 0.3 is 0 Å². The molecule has 2 aromatic rings. The summed E-state index contributed by atoms with van der Waals surface area (Å²) in [6.07, 6.45) is 0. The summed E-state index contributed by atoms with van der Waals surface area (Å²) in [5.41, 5.74) is 1.86. The highest BCUT2D eigenvalue weighted by atomic mass is 79.9. The lowest BCUT2D eigenvalue weighted by Crippen LogP contribution is -2.48. The molecule has 0 radical (unpaired) electrons. The first kappa shape index (κ1) is 24.8. The van der Waals surface area contributed by atoms with E-state index >= 15 is 0 Å². The van der Waals surface area contributed by atoms with Crippen molar-refractivity contribution >= 4 is 84.0 Å². The fourth-order valence-electron chi connectivity index (χ4n) is 3.37. The maximum absolute atomic E-state index is 12.7. The smallest absolute Gasteiger partial charge is 0.261 e. The molecular formula is C21H21Br2ClN4O3S. The Balaban J connectivity index is 1.64. The molecule has 1 aliphatic rings. The minimum absolute atomic E-state index is 0.0821. The molecule has 2 aromatic carbocycles. The maximum Gasteiger partial charge on any atom is 0.261 e. The number of ether oxygens (including phenoxy) is 1. The molecule has 170 valence electrons. The van der Waals surface area contributed by atoms with E-state index in [2.05, 4.69) is 47.4 Å². The molecule has 0 aromatic heterocycles. The highest BCUT2D eigenvalue weighted by Gasteiger charge is 2.21. The molecule has 3 rings (SSSR count).